The Labute approximate surface area is 133 Å². The molecular formula is C16H21N5O2. The minimum absolute atomic E-state index is 0.0673. The van der Waals surface area contributed by atoms with E-state index >= 15 is 0 Å². The monoisotopic (exact) mass is 315 g/mol. The molecule has 2 amide bonds. The molecule has 0 aliphatic rings. The zero-order valence-corrected chi connectivity index (χ0v) is 13.2. The van der Waals surface area contributed by atoms with Crippen LogP contribution in [0, 0.1) is 0 Å². The molecule has 1 aromatic carbocycles. The van der Waals surface area contributed by atoms with Crippen LogP contribution in [0.2, 0.25) is 0 Å². The molecule has 0 aliphatic carbocycles. The predicted octanol–water partition coefficient (Wildman–Crippen LogP) is 2.41. The molecule has 7 nitrogen and oxygen atoms in total. The number of nitrogens with one attached hydrogen (secondary N) is 3. The Bertz CT molecular complexity index is 820. The molecule has 2 heterocycles. The van der Waals surface area contributed by atoms with Gasteiger partial charge in [0.15, 0.2) is 0 Å². The molecule has 5 N–H and O–H groups in total. The summed E-state index contributed by atoms with van der Waals surface area (Å²) in [4.78, 5) is 11.9. The first-order chi connectivity index (χ1) is 11.1. The van der Waals surface area contributed by atoms with Crippen molar-refractivity contribution in [3.8, 4) is 0 Å². The molecule has 0 aliphatic heterocycles. The minimum atomic E-state index is -0.285. The van der Waals surface area contributed by atoms with Crippen molar-refractivity contribution < 1.29 is 9.21 Å². The predicted molar refractivity (Wildman–Crippen MR) is 89.1 cm³/mol. The normalized spacial score (nSPS) is 14.0. The third-order valence-electron chi connectivity index (χ3n) is 3.73. The number of rotatable bonds is 5. The topological polar surface area (TPSA) is 109 Å². The van der Waals surface area contributed by atoms with Crippen LogP contribution in [0.15, 0.2) is 28.8 Å². The van der Waals surface area contributed by atoms with Gasteiger partial charge in [-0.1, -0.05) is 0 Å². The number of hydrogen-bond donors (Lipinski definition) is 4. The summed E-state index contributed by atoms with van der Waals surface area (Å²) in [6.07, 6.45) is 2.36. The standard InChI is InChI=1S/C16H21N5O2/c1-3-18-16(22)20-12(6-9(2)17)14-7-11-13(23-14)5-4-10-8-19-21-15(10)11/h4-5,7-9,12H,3,6,17H2,1-2H3,(H,19,21)(H2,18,20,22)/t9-,12?/m0/s1. The van der Waals surface area contributed by atoms with E-state index in [1.54, 1.807) is 6.20 Å². The van der Waals surface area contributed by atoms with Gasteiger partial charge in [0.05, 0.1) is 17.8 Å². The first-order valence-corrected chi connectivity index (χ1v) is 7.74. The van der Waals surface area contributed by atoms with Crippen molar-refractivity contribution in [2.45, 2.75) is 32.4 Å². The van der Waals surface area contributed by atoms with E-state index in [4.69, 9.17) is 10.2 Å². The molecule has 0 spiro atoms. The van der Waals surface area contributed by atoms with Crippen LogP contribution < -0.4 is 16.4 Å². The van der Waals surface area contributed by atoms with Crippen LogP contribution in [0.5, 0.6) is 0 Å². The van der Waals surface area contributed by atoms with Crippen LogP contribution >= 0.6 is 0 Å². The van der Waals surface area contributed by atoms with E-state index in [9.17, 15) is 4.79 Å². The fraction of sp³-hybridized carbons (Fsp3) is 0.375. The number of carbonyl (C=O) groups is 1. The van der Waals surface area contributed by atoms with E-state index in [2.05, 4.69) is 20.8 Å². The Morgan fingerprint density at radius 3 is 3.04 bits per heavy atom. The quantitative estimate of drug-likeness (QED) is 0.579. The Morgan fingerprint density at radius 1 is 1.48 bits per heavy atom. The molecule has 23 heavy (non-hydrogen) atoms. The maximum atomic E-state index is 11.9. The van der Waals surface area contributed by atoms with Crippen LogP contribution in [0.1, 0.15) is 32.1 Å². The lowest BCUT2D eigenvalue weighted by Crippen LogP contribution is -2.39. The number of nitrogens with zero attached hydrogens (tertiary/aromatic N) is 1. The number of carbonyl (C=O) groups excluding carboxylic acids is 1. The number of amides is 2. The van der Waals surface area contributed by atoms with Crippen molar-refractivity contribution in [1.82, 2.24) is 20.8 Å². The van der Waals surface area contributed by atoms with Gasteiger partial charge in [-0.3, -0.25) is 5.10 Å². The maximum absolute atomic E-state index is 11.9. The van der Waals surface area contributed by atoms with Crippen LogP contribution in [0.25, 0.3) is 21.9 Å². The van der Waals surface area contributed by atoms with Crippen molar-refractivity contribution in [3.05, 3.63) is 30.2 Å². The van der Waals surface area contributed by atoms with Gasteiger partial charge >= 0.3 is 6.03 Å². The van der Waals surface area contributed by atoms with E-state index in [0.29, 0.717) is 18.7 Å². The number of aromatic amines is 1. The van der Waals surface area contributed by atoms with Crippen molar-refractivity contribution in [2.24, 2.45) is 5.73 Å². The first kappa shape index (κ1) is 15.4. The molecule has 0 saturated heterocycles. The molecule has 2 atom stereocenters. The Hall–Kier alpha value is -2.54. The van der Waals surface area contributed by atoms with Gasteiger partial charge in [0.25, 0.3) is 0 Å². The Kier molecular flexibility index (Phi) is 4.20. The number of furan rings is 1. The zero-order chi connectivity index (χ0) is 16.4. The summed E-state index contributed by atoms with van der Waals surface area (Å²) in [6.45, 7) is 4.34. The summed E-state index contributed by atoms with van der Waals surface area (Å²) in [7, 11) is 0. The average molecular weight is 315 g/mol. The fourth-order valence-corrected chi connectivity index (χ4v) is 2.71. The van der Waals surface area contributed by atoms with Gasteiger partial charge in [-0.25, -0.2) is 4.79 Å². The SMILES string of the molecule is CCNC(=O)NC(C[C@H](C)N)c1cc2c(ccc3cn[nH]c32)o1. The Morgan fingerprint density at radius 2 is 2.30 bits per heavy atom. The molecule has 0 radical (unpaired) electrons. The van der Waals surface area contributed by atoms with Gasteiger partial charge in [-0.15, -0.1) is 0 Å². The number of H-pyrrole nitrogens is 1. The van der Waals surface area contributed by atoms with Gasteiger partial charge in [0.2, 0.25) is 0 Å². The highest BCUT2D eigenvalue weighted by molar-refractivity contribution is 6.03. The van der Waals surface area contributed by atoms with Gasteiger partial charge in [0, 0.05) is 23.4 Å². The molecule has 0 saturated carbocycles. The lowest BCUT2D eigenvalue weighted by molar-refractivity contribution is 0.234. The van der Waals surface area contributed by atoms with Gasteiger partial charge in [-0.2, -0.15) is 5.10 Å². The van der Waals surface area contributed by atoms with E-state index < -0.39 is 0 Å². The highest BCUT2D eigenvalue weighted by Crippen LogP contribution is 2.30. The molecular weight excluding hydrogens is 294 g/mol. The molecule has 2 aromatic heterocycles. The van der Waals surface area contributed by atoms with Crippen molar-refractivity contribution in [2.75, 3.05) is 6.54 Å². The van der Waals surface area contributed by atoms with Crippen molar-refractivity contribution >= 4 is 27.9 Å². The molecule has 122 valence electrons. The molecule has 0 fully saturated rings. The smallest absolute Gasteiger partial charge is 0.315 e. The summed E-state index contributed by atoms with van der Waals surface area (Å²) in [5.41, 5.74) is 7.60. The third-order valence-corrected chi connectivity index (χ3v) is 3.73. The van der Waals surface area contributed by atoms with Crippen LogP contribution in [0.3, 0.4) is 0 Å². The second-order valence-electron chi connectivity index (χ2n) is 5.73. The molecule has 7 heteroatoms. The van der Waals surface area contributed by atoms with E-state index in [0.717, 1.165) is 21.9 Å². The third kappa shape index (κ3) is 3.14. The second-order valence-corrected chi connectivity index (χ2v) is 5.73. The van der Waals surface area contributed by atoms with Crippen molar-refractivity contribution in [1.29, 1.82) is 0 Å². The lowest BCUT2D eigenvalue weighted by Gasteiger charge is -2.18. The highest BCUT2D eigenvalue weighted by Gasteiger charge is 2.21. The number of fused-ring (bicyclic) bond motifs is 3. The summed E-state index contributed by atoms with van der Waals surface area (Å²) >= 11 is 0. The van der Waals surface area contributed by atoms with Crippen molar-refractivity contribution in [3.63, 3.8) is 0 Å². The first-order valence-electron chi connectivity index (χ1n) is 7.74. The minimum Gasteiger partial charge on any atom is -0.459 e. The second kappa shape index (κ2) is 6.29. The molecule has 3 aromatic rings. The summed E-state index contributed by atoms with van der Waals surface area (Å²) in [5.74, 6) is 0.686. The molecule has 0 bridgehead atoms. The highest BCUT2D eigenvalue weighted by atomic mass is 16.3. The van der Waals surface area contributed by atoms with E-state index in [1.165, 1.54) is 0 Å². The number of benzene rings is 1. The fourth-order valence-electron chi connectivity index (χ4n) is 2.71. The summed E-state index contributed by atoms with van der Waals surface area (Å²) < 4.78 is 5.94. The number of hydrogen-bond acceptors (Lipinski definition) is 4. The molecule has 1 unspecified atom stereocenters. The van der Waals surface area contributed by atoms with Gasteiger partial charge < -0.3 is 20.8 Å². The number of urea groups is 1. The maximum Gasteiger partial charge on any atom is 0.315 e. The van der Waals surface area contributed by atoms with Gasteiger partial charge in [-0.05, 0) is 38.5 Å². The Balaban J connectivity index is 1.97. The van der Waals surface area contributed by atoms with Gasteiger partial charge in [0.1, 0.15) is 11.3 Å². The largest absolute Gasteiger partial charge is 0.459 e. The van der Waals surface area contributed by atoms with E-state index in [-0.39, 0.29) is 18.1 Å². The van der Waals surface area contributed by atoms with E-state index in [1.807, 2.05) is 32.0 Å². The number of nitrogens with two attached hydrogens (primary N) is 1. The number of aromatic nitrogens is 2. The summed E-state index contributed by atoms with van der Waals surface area (Å²) in [5, 5.41) is 14.7. The van der Waals surface area contributed by atoms with Crippen LogP contribution in [-0.4, -0.2) is 28.8 Å². The molecule has 3 rings (SSSR count). The lowest BCUT2D eigenvalue weighted by atomic mass is 10.1. The van der Waals surface area contributed by atoms with Crippen LogP contribution in [0.4, 0.5) is 4.79 Å². The summed E-state index contributed by atoms with van der Waals surface area (Å²) in [6, 6.07) is 5.21. The zero-order valence-electron chi connectivity index (χ0n) is 13.2. The van der Waals surface area contributed by atoms with Crippen LogP contribution in [-0.2, 0) is 0 Å². The average Bonchev–Trinajstić information content (AvgIpc) is 3.12.